The second kappa shape index (κ2) is 2.85. The van der Waals surface area contributed by atoms with Crippen LogP contribution in [0.15, 0.2) is 42.0 Å². The Labute approximate surface area is 94.6 Å². The fourth-order valence-electron chi connectivity index (χ4n) is 2.91. The summed E-state index contributed by atoms with van der Waals surface area (Å²) in [6, 6.07) is 4.59. The van der Waals surface area contributed by atoms with Gasteiger partial charge in [0.1, 0.15) is 0 Å². The molecule has 0 bridgehead atoms. The second-order valence-corrected chi connectivity index (χ2v) is 4.58. The van der Waals surface area contributed by atoms with E-state index in [1.165, 1.54) is 32.7 Å². The standard InChI is InChI=1S/C16H12/c1-2-6-14-12(4-1)10-16-13-7-3-5-11(13)8-9-15(14)16/h1-4,7-10H,5-6H2. The van der Waals surface area contributed by atoms with E-state index in [0.29, 0.717) is 0 Å². The van der Waals surface area contributed by atoms with Crippen LogP contribution in [0.25, 0.3) is 17.7 Å². The molecule has 0 aromatic heterocycles. The molecule has 0 N–H and O–H groups in total. The summed E-state index contributed by atoms with van der Waals surface area (Å²) in [5.41, 5.74) is 5.83. The quantitative estimate of drug-likeness (QED) is 0.607. The molecule has 0 fully saturated rings. The molecule has 0 spiro atoms. The van der Waals surface area contributed by atoms with Crippen LogP contribution in [0.3, 0.4) is 0 Å². The van der Waals surface area contributed by atoms with E-state index in [-0.39, 0.29) is 0 Å². The van der Waals surface area contributed by atoms with Gasteiger partial charge in [-0.3, -0.25) is 0 Å². The van der Waals surface area contributed by atoms with Crippen LogP contribution in [-0.4, -0.2) is 0 Å². The summed E-state index contributed by atoms with van der Waals surface area (Å²) in [5.74, 6) is 0. The molecule has 0 heteroatoms. The molecule has 0 aliphatic heterocycles. The summed E-state index contributed by atoms with van der Waals surface area (Å²) in [4.78, 5) is 0. The van der Waals surface area contributed by atoms with E-state index in [2.05, 4.69) is 48.6 Å². The number of hydrogen-bond donors (Lipinski definition) is 0. The fourth-order valence-corrected chi connectivity index (χ4v) is 2.91. The van der Waals surface area contributed by atoms with Crippen molar-refractivity contribution in [3.63, 3.8) is 0 Å². The maximum Gasteiger partial charge on any atom is -0.00822 e. The number of fused-ring (bicyclic) bond motifs is 4. The highest BCUT2D eigenvalue weighted by atomic mass is 14.2. The van der Waals surface area contributed by atoms with Crippen molar-refractivity contribution < 1.29 is 0 Å². The Morgan fingerprint density at radius 1 is 1.00 bits per heavy atom. The molecule has 0 nitrogen and oxygen atoms in total. The van der Waals surface area contributed by atoms with Gasteiger partial charge >= 0.3 is 0 Å². The highest BCUT2D eigenvalue weighted by Crippen LogP contribution is 2.24. The van der Waals surface area contributed by atoms with Gasteiger partial charge in [-0.25, -0.2) is 0 Å². The van der Waals surface area contributed by atoms with Crippen molar-refractivity contribution >= 4 is 17.7 Å². The number of benzene rings is 1. The first-order chi connectivity index (χ1) is 7.93. The fraction of sp³-hybridized carbons (Fsp3) is 0.125. The Kier molecular flexibility index (Phi) is 1.49. The monoisotopic (exact) mass is 204 g/mol. The van der Waals surface area contributed by atoms with Crippen LogP contribution in [0.2, 0.25) is 0 Å². The average molecular weight is 204 g/mol. The Morgan fingerprint density at radius 2 is 2.00 bits per heavy atom. The zero-order valence-electron chi connectivity index (χ0n) is 9.03. The molecule has 1 aromatic rings. The second-order valence-electron chi connectivity index (χ2n) is 4.58. The maximum absolute atomic E-state index is 2.35. The molecule has 76 valence electrons. The summed E-state index contributed by atoms with van der Waals surface area (Å²) in [6.07, 6.45) is 15.7. The van der Waals surface area contributed by atoms with Gasteiger partial charge < -0.3 is 0 Å². The van der Waals surface area contributed by atoms with Crippen LogP contribution in [-0.2, 0) is 6.42 Å². The first-order valence-corrected chi connectivity index (χ1v) is 5.84. The van der Waals surface area contributed by atoms with Gasteiger partial charge in [-0.05, 0) is 51.6 Å². The summed E-state index contributed by atoms with van der Waals surface area (Å²) in [7, 11) is 0. The average Bonchev–Trinajstić information content (AvgIpc) is 2.92. The SMILES string of the molecule is C1=CCC2=c3ccc4c(c3=CC2=C1)C=CC4. The van der Waals surface area contributed by atoms with Crippen molar-refractivity contribution in [3.8, 4) is 0 Å². The summed E-state index contributed by atoms with van der Waals surface area (Å²) in [5, 5.41) is 2.89. The Bertz CT molecular complexity index is 694. The molecule has 3 aliphatic rings. The normalized spacial score (nSPS) is 19.0. The van der Waals surface area contributed by atoms with E-state index >= 15 is 0 Å². The largest absolute Gasteiger partial charge is 0.0801 e. The van der Waals surface area contributed by atoms with Crippen molar-refractivity contribution in [2.24, 2.45) is 0 Å². The van der Waals surface area contributed by atoms with Crippen molar-refractivity contribution in [2.45, 2.75) is 12.8 Å². The van der Waals surface area contributed by atoms with E-state index in [4.69, 9.17) is 0 Å². The van der Waals surface area contributed by atoms with Gasteiger partial charge in [-0.15, -0.1) is 0 Å². The minimum absolute atomic E-state index is 1.08. The molecule has 0 radical (unpaired) electrons. The molecular weight excluding hydrogens is 192 g/mol. The molecule has 0 amide bonds. The van der Waals surface area contributed by atoms with Gasteiger partial charge in [0.2, 0.25) is 0 Å². The van der Waals surface area contributed by atoms with E-state index in [9.17, 15) is 0 Å². The smallest absolute Gasteiger partial charge is 0.00822 e. The lowest BCUT2D eigenvalue weighted by atomic mass is 10.00. The van der Waals surface area contributed by atoms with Crippen LogP contribution in [0, 0.1) is 0 Å². The van der Waals surface area contributed by atoms with Gasteiger partial charge in [-0.2, -0.15) is 0 Å². The molecular formula is C16H12. The molecule has 0 atom stereocenters. The molecule has 3 aliphatic carbocycles. The van der Waals surface area contributed by atoms with Crippen molar-refractivity contribution in [1.29, 1.82) is 0 Å². The Hall–Kier alpha value is -1.82. The van der Waals surface area contributed by atoms with Gasteiger partial charge in [0.25, 0.3) is 0 Å². The molecule has 16 heavy (non-hydrogen) atoms. The predicted octanol–water partition coefficient (Wildman–Crippen LogP) is 2.09. The van der Waals surface area contributed by atoms with E-state index in [0.717, 1.165) is 12.8 Å². The van der Waals surface area contributed by atoms with E-state index < -0.39 is 0 Å². The van der Waals surface area contributed by atoms with Crippen molar-refractivity contribution in [2.75, 3.05) is 0 Å². The lowest BCUT2D eigenvalue weighted by Crippen LogP contribution is -2.26. The van der Waals surface area contributed by atoms with Gasteiger partial charge in [0.05, 0.1) is 0 Å². The molecule has 1 aromatic carbocycles. The maximum atomic E-state index is 2.35. The minimum Gasteiger partial charge on any atom is -0.0801 e. The number of rotatable bonds is 0. The molecule has 0 unspecified atom stereocenters. The Morgan fingerprint density at radius 3 is 3.00 bits per heavy atom. The molecule has 4 rings (SSSR count). The highest BCUT2D eigenvalue weighted by Gasteiger charge is 2.15. The summed E-state index contributed by atoms with van der Waals surface area (Å²) < 4.78 is 0. The first kappa shape index (κ1) is 8.35. The van der Waals surface area contributed by atoms with Crippen LogP contribution < -0.4 is 10.4 Å². The van der Waals surface area contributed by atoms with Crippen LogP contribution in [0.5, 0.6) is 0 Å². The topological polar surface area (TPSA) is 0 Å². The lowest BCUT2D eigenvalue weighted by Gasteiger charge is -2.05. The van der Waals surface area contributed by atoms with Crippen LogP contribution in [0.1, 0.15) is 17.5 Å². The molecule has 0 saturated heterocycles. The highest BCUT2D eigenvalue weighted by molar-refractivity contribution is 5.86. The lowest BCUT2D eigenvalue weighted by molar-refractivity contribution is 1.28. The third-order valence-corrected chi connectivity index (χ3v) is 3.71. The third-order valence-electron chi connectivity index (χ3n) is 3.71. The van der Waals surface area contributed by atoms with Gasteiger partial charge in [0, 0.05) is 0 Å². The van der Waals surface area contributed by atoms with Crippen LogP contribution >= 0.6 is 0 Å². The predicted molar refractivity (Wildman–Crippen MR) is 68.1 cm³/mol. The number of allylic oxidation sites excluding steroid dienone is 5. The Balaban J connectivity index is 2.18. The zero-order chi connectivity index (χ0) is 10.5. The minimum atomic E-state index is 1.08. The summed E-state index contributed by atoms with van der Waals surface area (Å²) in [6.45, 7) is 0. The summed E-state index contributed by atoms with van der Waals surface area (Å²) >= 11 is 0. The van der Waals surface area contributed by atoms with Gasteiger partial charge in [0.15, 0.2) is 0 Å². The third kappa shape index (κ3) is 0.943. The van der Waals surface area contributed by atoms with E-state index in [1.807, 2.05) is 0 Å². The molecule has 0 saturated carbocycles. The van der Waals surface area contributed by atoms with Gasteiger partial charge in [-0.1, -0.05) is 42.5 Å². The van der Waals surface area contributed by atoms with Crippen molar-refractivity contribution in [3.05, 3.63) is 63.6 Å². The molecule has 0 heterocycles. The van der Waals surface area contributed by atoms with Crippen molar-refractivity contribution in [1.82, 2.24) is 0 Å². The van der Waals surface area contributed by atoms with E-state index in [1.54, 1.807) is 0 Å². The number of hydrogen-bond acceptors (Lipinski definition) is 0. The zero-order valence-corrected chi connectivity index (χ0v) is 9.03. The van der Waals surface area contributed by atoms with Crippen LogP contribution in [0.4, 0.5) is 0 Å². The first-order valence-electron chi connectivity index (χ1n) is 5.84.